The maximum absolute atomic E-state index is 12.7. The SMILES string of the molecule is CN1c2cc(NC(=O)CCc3ccc(C(F)(F)F)cc3)ccc2NC1(C)N1CCCC1. The van der Waals surface area contributed by atoms with Gasteiger partial charge >= 0.3 is 6.18 Å². The van der Waals surface area contributed by atoms with Crippen LogP contribution in [0.5, 0.6) is 0 Å². The smallest absolute Gasteiger partial charge is 0.349 e. The first-order valence-electron chi connectivity index (χ1n) is 10.5. The molecule has 4 rings (SSSR count). The molecular formula is C23H27F3N4O. The summed E-state index contributed by atoms with van der Waals surface area (Å²) in [6.07, 6.45) is -1.38. The number of halogens is 3. The van der Waals surface area contributed by atoms with E-state index in [1.807, 2.05) is 25.2 Å². The second kappa shape index (κ2) is 8.07. The molecule has 2 aromatic carbocycles. The van der Waals surface area contributed by atoms with Crippen LogP contribution >= 0.6 is 0 Å². The van der Waals surface area contributed by atoms with Crippen LogP contribution in [0.25, 0.3) is 0 Å². The second-order valence-electron chi connectivity index (χ2n) is 8.37. The van der Waals surface area contributed by atoms with Gasteiger partial charge in [-0.2, -0.15) is 13.2 Å². The largest absolute Gasteiger partial charge is 0.416 e. The van der Waals surface area contributed by atoms with E-state index in [0.29, 0.717) is 17.7 Å². The Bertz CT molecular complexity index is 954. The molecule has 0 aliphatic carbocycles. The molecule has 1 fully saturated rings. The minimum atomic E-state index is -4.35. The molecule has 2 aliphatic heterocycles. The van der Waals surface area contributed by atoms with Crippen LogP contribution in [0.15, 0.2) is 42.5 Å². The van der Waals surface area contributed by atoms with Gasteiger partial charge in [-0.25, -0.2) is 0 Å². The van der Waals surface area contributed by atoms with E-state index in [-0.39, 0.29) is 18.1 Å². The van der Waals surface area contributed by atoms with Crippen LogP contribution < -0.4 is 15.5 Å². The van der Waals surface area contributed by atoms with Crippen molar-refractivity contribution in [3.05, 3.63) is 53.6 Å². The summed E-state index contributed by atoms with van der Waals surface area (Å²) in [4.78, 5) is 17.0. The zero-order valence-corrected chi connectivity index (χ0v) is 17.7. The highest BCUT2D eigenvalue weighted by atomic mass is 19.4. The van der Waals surface area contributed by atoms with Gasteiger partial charge in [-0.1, -0.05) is 12.1 Å². The van der Waals surface area contributed by atoms with Crippen molar-refractivity contribution in [3.8, 4) is 0 Å². The fourth-order valence-electron chi connectivity index (χ4n) is 4.35. The lowest BCUT2D eigenvalue weighted by Crippen LogP contribution is -2.58. The number of rotatable bonds is 5. The summed E-state index contributed by atoms with van der Waals surface area (Å²) < 4.78 is 38.0. The molecule has 31 heavy (non-hydrogen) atoms. The Morgan fingerprint density at radius 3 is 2.45 bits per heavy atom. The average molecular weight is 432 g/mol. The predicted octanol–water partition coefficient (Wildman–Crippen LogP) is 4.91. The number of likely N-dealkylation sites (tertiary alicyclic amines) is 1. The molecule has 1 atom stereocenters. The van der Waals surface area contributed by atoms with Crippen molar-refractivity contribution in [1.82, 2.24) is 4.90 Å². The van der Waals surface area contributed by atoms with Gasteiger partial charge in [0.05, 0.1) is 16.9 Å². The Morgan fingerprint density at radius 1 is 1.13 bits per heavy atom. The van der Waals surface area contributed by atoms with Crippen LogP contribution in [0.3, 0.4) is 0 Å². The Kier molecular flexibility index (Phi) is 5.60. The maximum atomic E-state index is 12.7. The quantitative estimate of drug-likeness (QED) is 0.705. The molecule has 1 unspecified atom stereocenters. The molecular weight excluding hydrogens is 405 g/mol. The van der Waals surface area contributed by atoms with Crippen molar-refractivity contribution in [2.75, 3.05) is 35.7 Å². The van der Waals surface area contributed by atoms with Crippen LogP contribution in [-0.2, 0) is 17.4 Å². The first-order chi connectivity index (χ1) is 14.7. The summed E-state index contributed by atoms with van der Waals surface area (Å²) in [7, 11) is 2.05. The summed E-state index contributed by atoms with van der Waals surface area (Å²) in [5, 5.41) is 6.51. The second-order valence-corrected chi connectivity index (χ2v) is 8.37. The van der Waals surface area contributed by atoms with Crippen LogP contribution in [0.1, 0.15) is 37.3 Å². The molecule has 0 saturated carbocycles. The first kappa shape index (κ1) is 21.5. The van der Waals surface area contributed by atoms with E-state index in [2.05, 4.69) is 27.4 Å². The Hall–Kier alpha value is -2.74. The number of nitrogens with zero attached hydrogens (tertiary/aromatic N) is 2. The topological polar surface area (TPSA) is 47.6 Å². The zero-order valence-electron chi connectivity index (χ0n) is 17.7. The van der Waals surface area contributed by atoms with Crippen LogP contribution in [0.2, 0.25) is 0 Å². The molecule has 0 bridgehead atoms. The van der Waals surface area contributed by atoms with Gasteiger partial charge in [0.15, 0.2) is 5.79 Å². The highest BCUT2D eigenvalue weighted by Crippen LogP contribution is 2.42. The third kappa shape index (κ3) is 4.35. The zero-order chi connectivity index (χ0) is 22.2. The molecule has 166 valence electrons. The number of nitrogens with one attached hydrogen (secondary N) is 2. The van der Waals surface area contributed by atoms with E-state index in [1.54, 1.807) is 0 Å². The fourth-order valence-corrected chi connectivity index (χ4v) is 4.35. The summed E-state index contributed by atoms with van der Waals surface area (Å²) in [5.41, 5.74) is 2.77. The lowest BCUT2D eigenvalue weighted by atomic mass is 10.1. The summed E-state index contributed by atoms with van der Waals surface area (Å²) in [6.45, 7) is 4.27. The molecule has 2 aromatic rings. The standard InChI is InChI=1S/C23H27F3N4O/c1-22(30-13-3-4-14-30)28-19-11-10-18(15-20(19)29(22)2)27-21(31)12-7-16-5-8-17(9-6-16)23(24,25)26/h5-6,8-11,15,28H,3-4,7,12-14H2,1-2H3,(H,27,31). The number of alkyl halides is 3. The minimum Gasteiger partial charge on any atom is -0.349 e. The van der Waals surface area contributed by atoms with Crippen molar-refractivity contribution in [2.45, 2.75) is 44.6 Å². The molecule has 1 amide bonds. The third-order valence-corrected chi connectivity index (χ3v) is 6.31. The van der Waals surface area contributed by atoms with E-state index in [0.717, 1.165) is 36.6 Å². The van der Waals surface area contributed by atoms with E-state index in [1.165, 1.54) is 25.0 Å². The van der Waals surface area contributed by atoms with Crippen LogP contribution in [0.4, 0.5) is 30.2 Å². The van der Waals surface area contributed by atoms with Crippen molar-refractivity contribution in [1.29, 1.82) is 0 Å². The maximum Gasteiger partial charge on any atom is 0.416 e. The average Bonchev–Trinajstić information content (AvgIpc) is 3.35. The lowest BCUT2D eigenvalue weighted by molar-refractivity contribution is -0.137. The monoisotopic (exact) mass is 432 g/mol. The number of hydrogen-bond donors (Lipinski definition) is 2. The van der Waals surface area contributed by atoms with Gasteiger partial charge < -0.3 is 15.5 Å². The van der Waals surface area contributed by atoms with Gasteiger partial charge in [-0.05, 0) is 62.1 Å². The molecule has 0 aromatic heterocycles. The van der Waals surface area contributed by atoms with E-state index in [4.69, 9.17) is 0 Å². The van der Waals surface area contributed by atoms with Gasteiger partial charge in [-0.15, -0.1) is 0 Å². The summed E-state index contributed by atoms with van der Waals surface area (Å²) in [5.74, 6) is -0.458. The number of aryl methyl sites for hydroxylation is 1. The van der Waals surface area contributed by atoms with Gasteiger partial charge in [0.25, 0.3) is 0 Å². The fraction of sp³-hybridized carbons (Fsp3) is 0.435. The number of carbonyl (C=O) groups is 1. The lowest BCUT2D eigenvalue weighted by Gasteiger charge is -2.41. The highest BCUT2D eigenvalue weighted by Gasteiger charge is 2.43. The van der Waals surface area contributed by atoms with Crippen LogP contribution in [-0.4, -0.2) is 36.7 Å². The molecule has 1 saturated heterocycles. The molecule has 5 nitrogen and oxygen atoms in total. The minimum absolute atomic E-state index is 0.171. The Labute approximate surface area is 180 Å². The van der Waals surface area contributed by atoms with Crippen LogP contribution in [0, 0.1) is 0 Å². The van der Waals surface area contributed by atoms with Gasteiger partial charge in [0.2, 0.25) is 5.91 Å². The van der Waals surface area contributed by atoms with Crippen molar-refractivity contribution >= 4 is 23.0 Å². The predicted molar refractivity (Wildman–Crippen MR) is 116 cm³/mol. The first-order valence-corrected chi connectivity index (χ1v) is 10.5. The van der Waals surface area contributed by atoms with Gasteiger partial charge in [0.1, 0.15) is 0 Å². The normalized spacial score (nSPS) is 21.1. The number of hydrogen-bond acceptors (Lipinski definition) is 4. The number of benzene rings is 2. The Morgan fingerprint density at radius 2 is 1.81 bits per heavy atom. The van der Waals surface area contributed by atoms with E-state index >= 15 is 0 Å². The molecule has 8 heteroatoms. The van der Waals surface area contributed by atoms with E-state index < -0.39 is 11.7 Å². The summed E-state index contributed by atoms with van der Waals surface area (Å²) in [6, 6.07) is 10.7. The van der Waals surface area contributed by atoms with Crippen molar-refractivity contribution in [3.63, 3.8) is 0 Å². The third-order valence-electron chi connectivity index (χ3n) is 6.31. The van der Waals surface area contributed by atoms with Gasteiger partial charge in [-0.3, -0.25) is 9.69 Å². The summed E-state index contributed by atoms with van der Waals surface area (Å²) >= 11 is 0. The highest BCUT2D eigenvalue weighted by molar-refractivity contribution is 5.93. The number of amides is 1. The van der Waals surface area contributed by atoms with Gasteiger partial charge in [0, 0.05) is 32.2 Å². The molecule has 2 aliphatic rings. The van der Waals surface area contributed by atoms with E-state index in [9.17, 15) is 18.0 Å². The Balaban J connectivity index is 1.36. The number of carbonyl (C=O) groups excluding carboxylic acids is 1. The molecule has 2 heterocycles. The molecule has 2 N–H and O–H groups in total. The number of anilines is 3. The molecule has 0 spiro atoms. The van der Waals surface area contributed by atoms with Crippen molar-refractivity contribution < 1.29 is 18.0 Å². The molecule has 0 radical (unpaired) electrons. The van der Waals surface area contributed by atoms with Crippen molar-refractivity contribution in [2.24, 2.45) is 0 Å². The number of fused-ring (bicyclic) bond motifs is 1.